The Labute approximate surface area is 121 Å². The largest absolute Gasteiger partial charge is 0.393 e. The Bertz CT molecular complexity index is 453. The molecule has 1 rings (SSSR count). The molecule has 0 bridgehead atoms. The van der Waals surface area contributed by atoms with E-state index in [0.29, 0.717) is 11.5 Å². The molecular weight excluding hydrogens is 328 g/mol. The van der Waals surface area contributed by atoms with Crippen LogP contribution >= 0.6 is 34.7 Å². The minimum Gasteiger partial charge on any atom is -0.358 e. The summed E-state index contributed by atoms with van der Waals surface area (Å²) in [7, 11) is 0. The zero-order valence-electron chi connectivity index (χ0n) is 9.55. The van der Waals surface area contributed by atoms with E-state index in [9.17, 15) is 18.0 Å². The van der Waals surface area contributed by atoms with Crippen molar-refractivity contribution in [1.29, 1.82) is 0 Å². The fourth-order valence-corrected chi connectivity index (χ4v) is 2.29. The third-order valence-electron chi connectivity index (χ3n) is 1.88. The van der Waals surface area contributed by atoms with Gasteiger partial charge in [0.15, 0.2) is 5.15 Å². The van der Waals surface area contributed by atoms with E-state index in [1.54, 1.807) is 0 Å². The zero-order valence-corrected chi connectivity index (χ0v) is 11.9. The molecule has 1 heterocycles. The quantitative estimate of drug-likeness (QED) is 0.837. The second-order valence-corrected chi connectivity index (χ2v) is 4.86. The molecule has 1 unspecified atom stereocenters. The van der Waals surface area contributed by atoms with E-state index in [0.717, 1.165) is 0 Å². The molecule has 1 aromatic heterocycles. The summed E-state index contributed by atoms with van der Waals surface area (Å²) >= 11 is 11.9. The van der Waals surface area contributed by atoms with Crippen molar-refractivity contribution in [3.8, 4) is 0 Å². The molecule has 1 aromatic rings. The average molecular weight is 337 g/mol. The number of carbonyl (C=O) groups excluding carboxylic acids is 1. The Hall–Kier alpha value is -0.570. The van der Waals surface area contributed by atoms with Gasteiger partial charge in [0.05, 0.1) is 6.42 Å². The molecule has 0 spiro atoms. The van der Waals surface area contributed by atoms with E-state index in [1.807, 2.05) is 0 Å². The molecule has 1 atom stereocenters. The highest BCUT2D eigenvalue weighted by atomic mass is 35.5. The van der Waals surface area contributed by atoms with Crippen LogP contribution in [0, 0.1) is 0 Å². The van der Waals surface area contributed by atoms with Crippen LogP contribution in [0.2, 0.25) is 10.2 Å². The van der Waals surface area contributed by atoms with Crippen molar-refractivity contribution >= 4 is 40.6 Å². The third kappa shape index (κ3) is 5.13. The number of amides is 1. The van der Waals surface area contributed by atoms with E-state index >= 15 is 0 Å². The lowest BCUT2D eigenvalue weighted by atomic mass is 10.3. The predicted octanol–water partition coefficient (Wildman–Crippen LogP) is 3.49. The maximum Gasteiger partial charge on any atom is 0.393 e. The third-order valence-corrected chi connectivity index (χ3v) is 3.68. The maximum absolute atomic E-state index is 12.3. The van der Waals surface area contributed by atoms with Crippen molar-refractivity contribution in [1.82, 2.24) is 9.69 Å². The van der Waals surface area contributed by atoms with Crippen LogP contribution in [0.4, 0.5) is 13.2 Å². The molecule has 0 aliphatic heterocycles. The Morgan fingerprint density at radius 2 is 2.16 bits per heavy atom. The van der Waals surface area contributed by atoms with Crippen LogP contribution in [-0.2, 0) is 4.74 Å². The van der Waals surface area contributed by atoms with Crippen LogP contribution in [-0.4, -0.2) is 29.3 Å². The van der Waals surface area contributed by atoms with Crippen molar-refractivity contribution in [3.63, 3.8) is 0 Å². The number of alkyl halides is 3. The van der Waals surface area contributed by atoms with Gasteiger partial charge < -0.3 is 10.1 Å². The van der Waals surface area contributed by atoms with E-state index in [-0.39, 0.29) is 21.7 Å². The number of halogens is 5. The molecule has 19 heavy (non-hydrogen) atoms. The van der Waals surface area contributed by atoms with Gasteiger partial charge in [0.25, 0.3) is 5.91 Å². The molecule has 0 aliphatic carbocycles. The average Bonchev–Trinajstić information content (AvgIpc) is 2.57. The van der Waals surface area contributed by atoms with Gasteiger partial charge in [-0.3, -0.25) is 4.79 Å². The summed E-state index contributed by atoms with van der Waals surface area (Å²) in [6.07, 6.45) is -7.23. The Morgan fingerprint density at radius 1 is 1.53 bits per heavy atom. The number of hydrogen-bond donors (Lipinski definition) is 1. The fraction of sp³-hybridized carbons (Fsp3) is 0.556. The van der Waals surface area contributed by atoms with Crippen LogP contribution in [0.25, 0.3) is 0 Å². The van der Waals surface area contributed by atoms with Crippen molar-refractivity contribution < 1.29 is 22.7 Å². The molecule has 1 amide bonds. The van der Waals surface area contributed by atoms with Crippen molar-refractivity contribution in [3.05, 3.63) is 15.1 Å². The standard InChI is InChI=1S/C9H9Cl2F3N2O2S/c1-2-18-4(3-9(12,13)14)15-8(17)6-5(10)7(11)16-19-6/h4H,2-3H2,1H3,(H,15,17). The summed E-state index contributed by atoms with van der Waals surface area (Å²) in [4.78, 5) is 11.7. The lowest BCUT2D eigenvalue weighted by Gasteiger charge is -2.19. The topological polar surface area (TPSA) is 51.2 Å². The highest BCUT2D eigenvalue weighted by Gasteiger charge is 2.33. The van der Waals surface area contributed by atoms with Gasteiger partial charge in [0.1, 0.15) is 16.1 Å². The minimum atomic E-state index is -4.46. The second-order valence-electron chi connectivity index (χ2n) is 3.35. The minimum absolute atomic E-state index is 0.0260. The Balaban J connectivity index is 2.74. The van der Waals surface area contributed by atoms with Crippen LogP contribution in [0.1, 0.15) is 23.0 Å². The predicted molar refractivity (Wildman–Crippen MR) is 65.7 cm³/mol. The van der Waals surface area contributed by atoms with Crippen molar-refractivity contribution in [2.45, 2.75) is 25.7 Å². The van der Waals surface area contributed by atoms with E-state index in [1.165, 1.54) is 6.92 Å². The fourth-order valence-electron chi connectivity index (χ4n) is 1.18. The first-order chi connectivity index (χ1) is 8.74. The van der Waals surface area contributed by atoms with E-state index in [2.05, 4.69) is 9.69 Å². The lowest BCUT2D eigenvalue weighted by Crippen LogP contribution is -2.39. The maximum atomic E-state index is 12.3. The summed E-state index contributed by atoms with van der Waals surface area (Å²) < 4.78 is 45.3. The van der Waals surface area contributed by atoms with Gasteiger partial charge in [-0.05, 0) is 18.5 Å². The number of nitrogens with zero attached hydrogens (tertiary/aromatic N) is 1. The van der Waals surface area contributed by atoms with Gasteiger partial charge in [0.2, 0.25) is 0 Å². The van der Waals surface area contributed by atoms with Gasteiger partial charge in [-0.15, -0.1) is 0 Å². The summed E-state index contributed by atoms with van der Waals surface area (Å²) in [5, 5.41) is 1.93. The Morgan fingerprint density at radius 3 is 2.58 bits per heavy atom. The van der Waals surface area contributed by atoms with Crippen LogP contribution in [0.3, 0.4) is 0 Å². The molecular formula is C9H9Cl2F3N2O2S. The highest BCUT2D eigenvalue weighted by molar-refractivity contribution is 7.09. The molecule has 0 radical (unpaired) electrons. The number of carbonyl (C=O) groups is 1. The normalized spacial score (nSPS) is 13.4. The van der Waals surface area contributed by atoms with Crippen LogP contribution < -0.4 is 5.32 Å². The number of hydrogen-bond acceptors (Lipinski definition) is 4. The highest BCUT2D eigenvalue weighted by Crippen LogP contribution is 2.29. The lowest BCUT2D eigenvalue weighted by molar-refractivity contribution is -0.162. The molecule has 0 fully saturated rings. The van der Waals surface area contributed by atoms with Gasteiger partial charge in [0, 0.05) is 6.61 Å². The van der Waals surface area contributed by atoms with Crippen LogP contribution in [0.5, 0.6) is 0 Å². The van der Waals surface area contributed by atoms with Gasteiger partial charge in [-0.2, -0.15) is 17.5 Å². The molecule has 108 valence electrons. The second kappa shape index (κ2) is 6.74. The van der Waals surface area contributed by atoms with E-state index in [4.69, 9.17) is 27.9 Å². The first kappa shape index (κ1) is 16.5. The van der Waals surface area contributed by atoms with Gasteiger partial charge >= 0.3 is 6.18 Å². The molecule has 4 nitrogen and oxygen atoms in total. The van der Waals surface area contributed by atoms with Crippen LogP contribution in [0.15, 0.2) is 0 Å². The molecule has 0 aliphatic rings. The number of ether oxygens (including phenoxy) is 1. The number of nitrogens with one attached hydrogen (secondary N) is 1. The molecule has 1 N–H and O–H groups in total. The number of aromatic nitrogens is 1. The first-order valence-corrected chi connectivity index (χ1v) is 6.57. The van der Waals surface area contributed by atoms with Gasteiger partial charge in [-0.25, -0.2) is 0 Å². The first-order valence-electron chi connectivity index (χ1n) is 5.04. The Kier molecular flexibility index (Phi) is 5.84. The smallest absolute Gasteiger partial charge is 0.358 e. The zero-order chi connectivity index (χ0) is 14.6. The molecule has 0 saturated heterocycles. The summed E-state index contributed by atoms with van der Waals surface area (Å²) in [6.45, 7) is 1.55. The molecule has 10 heteroatoms. The SMILES string of the molecule is CCOC(CC(F)(F)F)NC(=O)c1snc(Cl)c1Cl. The number of rotatable bonds is 5. The van der Waals surface area contributed by atoms with E-state index < -0.39 is 24.7 Å². The molecule has 0 saturated carbocycles. The van der Waals surface area contributed by atoms with Gasteiger partial charge in [-0.1, -0.05) is 23.2 Å². The van der Waals surface area contributed by atoms with Crippen molar-refractivity contribution in [2.24, 2.45) is 0 Å². The van der Waals surface area contributed by atoms with Crippen molar-refractivity contribution in [2.75, 3.05) is 6.61 Å². The monoisotopic (exact) mass is 336 g/mol. The summed E-state index contributed by atoms with van der Waals surface area (Å²) in [6, 6.07) is 0. The molecule has 0 aromatic carbocycles. The summed E-state index contributed by atoms with van der Waals surface area (Å²) in [5.41, 5.74) is 0. The summed E-state index contributed by atoms with van der Waals surface area (Å²) in [5.74, 6) is -0.808.